The first kappa shape index (κ1) is 13.4. The molecule has 0 aliphatic carbocycles. The SMILES string of the molecule is COC(=O)c1ncsc1S(=O)(=O)NC1CCNC1. The fourth-order valence-electron chi connectivity index (χ4n) is 1.69. The molecule has 0 aromatic carbocycles. The highest BCUT2D eigenvalue weighted by Gasteiger charge is 2.29. The maximum absolute atomic E-state index is 12.1. The molecule has 2 N–H and O–H groups in total. The van der Waals surface area contributed by atoms with E-state index >= 15 is 0 Å². The molecule has 0 amide bonds. The number of nitrogens with one attached hydrogen (secondary N) is 2. The Balaban J connectivity index is 2.24. The number of thiazole rings is 1. The van der Waals surface area contributed by atoms with Crippen molar-refractivity contribution in [3.05, 3.63) is 11.2 Å². The summed E-state index contributed by atoms with van der Waals surface area (Å²) in [5.74, 6) is -0.749. The van der Waals surface area contributed by atoms with Crippen LogP contribution in [-0.4, -0.2) is 45.6 Å². The summed E-state index contributed by atoms with van der Waals surface area (Å²) in [6.07, 6.45) is 0.728. The predicted octanol–water partition coefficient (Wildman–Crippen LogP) is -0.430. The van der Waals surface area contributed by atoms with E-state index in [0.717, 1.165) is 24.3 Å². The highest BCUT2D eigenvalue weighted by Crippen LogP contribution is 2.21. The van der Waals surface area contributed by atoms with Crippen molar-refractivity contribution in [1.29, 1.82) is 0 Å². The number of nitrogens with zero attached hydrogens (tertiary/aromatic N) is 1. The molecule has 1 aromatic heterocycles. The molecule has 2 rings (SSSR count). The molecule has 1 fully saturated rings. The molecule has 0 saturated carbocycles. The van der Waals surface area contributed by atoms with Gasteiger partial charge in [-0.15, -0.1) is 11.3 Å². The normalized spacial score (nSPS) is 19.9. The number of esters is 1. The molecule has 18 heavy (non-hydrogen) atoms. The molecule has 1 aliphatic heterocycles. The average molecular weight is 291 g/mol. The molecule has 0 spiro atoms. The lowest BCUT2D eigenvalue weighted by Crippen LogP contribution is -2.36. The molecule has 7 nitrogen and oxygen atoms in total. The van der Waals surface area contributed by atoms with Gasteiger partial charge in [0.15, 0.2) is 9.90 Å². The summed E-state index contributed by atoms with van der Waals surface area (Å²) in [6.45, 7) is 1.37. The largest absolute Gasteiger partial charge is 0.464 e. The van der Waals surface area contributed by atoms with E-state index in [1.807, 2.05) is 0 Å². The molecule has 1 atom stereocenters. The van der Waals surface area contributed by atoms with Gasteiger partial charge in [0, 0.05) is 12.6 Å². The summed E-state index contributed by atoms with van der Waals surface area (Å²) in [5, 5.41) is 3.06. The Morgan fingerprint density at radius 3 is 3.06 bits per heavy atom. The van der Waals surface area contributed by atoms with Crippen LogP contribution in [0.5, 0.6) is 0 Å². The quantitative estimate of drug-likeness (QED) is 0.731. The zero-order chi connectivity index (χ0) is 13.2. The first-order valence-corrected chi connectivity index (χ1v) is 7.65. The van der Waals surface area contributed by atoms with E-state index in [2.05, 4.69) is 19.8 Å². The Bertz CT molecular complexity index is 534. The van der Waals surface area contributed by atoms with Crippen molar-refractivity contribution in [2.75, 3.05) is 20.2 Å². The van der Waals surface area contributed by atoms with Crippen LogP contribution in [-0.2, 0) is 14.8 Å². The summed E-state index contributed by atoms with van der Waals surface area (Å²) >= 11 is 0.901. The van der Waals surface area contributed by atoms with Crippen molar-refractivity contribution in [2.24, 2.45) is 0 Å². The smallest absolute Gasteiger partial charge is 0.358 e. The number of ether oxygens (including phenoxy) is 1. The second-order valence-corrected chi connectivity index (χ2v) is 6.56. The molecule has 9 heteroatoms. The van der Waals surface area contributed by atoms with Crippen LogP contribution in [0.25, 0.3) is 0 Å². The molecular weight excluding hydrogens is 278 g/mol. The van der Waals surface area contributed by atoms with Gasteiger partial charge in [-0.05, 0) is 13.0 Å². The summed E-state index contributed by atoms with van der Waals surface area (Å²) in [4.78, 5) is 15.1. The molecule has 0 radical (unpaired) electrons. The number of hydrogen-bond donors (Lipinski definition) is 2. The van der Waals surface area contributed by atoms with Crippen LogP contribution < -0.4 is 10.0 Å². The van der Waals surface area contributed by atoms with Gasteiger partial charge in [0.1, 0.15) is 0 Å². The lowest BCUT2D eigenvalue weighted by Gasteiger charge is -2.11. The lowest BCUT2D eigenvalue weighted by atomic mass is 10.3. The number of aromatic nitrogens is 1. The highest BCUT2D eigenvalue weighted by atomic mass is 32.2. The van der Waals surface area contributed by atoms with Crippen molar-refractivity contribution >= 4 is 27.3 Å². The maximum Gasteiger partial charge on any atom is 0.358 e. The van der Waals surface area contributed by atoms with Crippen molar-refractivity contribution < 1.29 is 17.9 Å². The van der Waals surface area contributed by atoms with Gasteiger partial charge in [-0.25, -0.2) is 22.9 Å². The van der Waals surface area contributed by atoms with Crippen LogP contribution in [0.3, 0.4) is 0 Å². The number of hydrogen-bond acceptors (Lipinski definition) is 7. The van der Waals surface area contributed by atoms with Crippen LogP contribution in [0, 0.1) is 0 Å². The first-order valence-electron chi connectivity index (χ1n) is 5.29. The number of methoxy groups -OCH3 is 1. The average Bonchev–Trinajstić information content (AvgIpc) is 2.97. The van der Waals surface area contributed by atoms with Crippen molar-refractivity contribution in [1.82, 2.24) is 15.0 Å². The van der Waals surface area contributed by atoms with Crippen LogP contribution in [0.2, 0.25) is 0 Å². The van der Waals surface area contributed by atoms with Gasteiger partial charge in [-0.1, -0.05) is 0 Å². The van der Waals surface area contributed by atoms with Gasteiger partial charge in [0.05, 0.1) is 12.6 Å². The van der Waals surface area contributed by atoms with Crippen LogP contribution in [0.4, 0.5) is 0 Å². The van der Waals surface area contributed by atoms with Crippen LogP contribution >= 0.6 is 11.3 Å². The second kappa shape index (κ2) is 5.31. The molecule has 1 aromatic rings. The van der Waals surface area contributed by atoms with Gasteiger partial charge < -0.3 is 10.1 Å². The third kappa shape index (κ3) is 2.69. The van der Waals surface area contributed by atoms with Crippen LogP contribution in [0.1, 0.15) is 16.9 Å². The van der Waals surface area contributed by atoms with E-state index in [1.54, 1.807) is 0 Å². The minimum absolute atomic E-state index is 0.0961. The Kier molecular flexibility index (Phi) is 3.95. The zero-order valence-electron chi connectivity index (χ0n) is 9.67. The van der Waals surface area contributed by atoms with Crippen LogP contribution in [0.15, 0.2) is 9.72 Å². The van der Waals surface area contributed by atoms with E-state index in [0.29, 0.717) is 6.54 Å². The number of carbonyl (C=O) groups is 1. The van der Waals surface area contributed by atoms with Crippen molar-refractivity contribution in [3.8, 4) is 0 Å². The minimum Gasteiger partial charge on any atom is -0.464 e. The topological polar surface area (TPSA) is 97.4 Å². The van der Waals surface area contributed by atoms with E-state index in [9.17, 15) is 13.2 Å². The fraction of sp³-hybridized carbons (Fsp3) is 0.556. The second-order valence-electron chi connectivity index (χ2n) is 3.79. The Labute approximate surface area is 109 Å². The summed E-state index contributed by atoms with van der Waals surface area (Å²) in [6, 6.07) is -0.150. The predicted molar refractivity (Wildman–Crippen MR) is 65.0 cm³/mol. The fourth-order valence-corrected chi connectivity index (χ4v) is 4.11. The summed E-state index contributed by atoms with van der Waals surface area (Å²) in [5.41, 5.74) is 1.15. The molecule has 1 saturated heterocycles. The van der Waals surface area contributed by atoms with Crippen molar-refractivity contribution in [3.63, 3.8) is 0 Å². The highest BCUT2D eigenvalue weighted by molar-refractivity contribution is 7.91. The number of carbonyl (C=O) groups excluding carboxylic acids is 1. The van der Waals surface area contributed by atoms with E-state index < -0.39 is 16.0 Å². The first-order chi connectivity index (χ1) is 8.54. The van der Waals surface area contributed by atoms with Gasteiger partial charge in [-0.2, -0.15) is 0 Å². The third-order valence-corrected chi connectivity index (χ3v) is 5.43. The van der Waals surface area contributed by atoms with Gasteiger partial charge in [-0.3, -0.25) is 0 Å². The molecule has 100 valence electrons. The molecule has 0 bridgehead atoms. The summed E-state index contributed by atoms with van der Waals surface area (Å²) in [7, 11) is -2.53. The Morgan fingerprint density at radius 1 is 1.67 bits per heavy atom. The summed E-state index contributed by atoms with van der Waals surface area (Å²) < 4.78 is 31.2. The monoisotopic (exact) mass is 291 g/mol. The van der Waals surface area contributed by atoms with E-state index in [1.165, 1.54) is 12.6 Å². The van der Waals surface area contributed by atoms with Gasteiger partial charge in [0.25, 0.3) is 10.0 Å². The molecule has 1 unspecified atom stereocenters. The van der Waals surface area contributed by atoms with Gasteiger partial charge in [0.2, 0.25) is 0 Å². The third-order valence-electron chi connectivity index (χ3n) is 2.54. The van der Waals surface area contributed by atoms with Gasteiger partial charge >= 0.3 is 5.97 Å². The number of sulfonamides is 1. The standard InChI is InChI=1S/C9H13N3O4S2/c1-16-8(13)7-9(17-5-11-7)18(14,15)12-6-2-3-10-4-6/h5-6,10,12H,2-4H2,1H3. The molecule has 1 aliphatic rings. The number of rotatable bonds is 4. The zero-order valence-corrected chi connectivity index (χ0v) is 11.3. The van der Waals surface area contributed by atoms with Crippen molar-refractivity contribution in [2.45, 2.75) is 16.7 Å². The maximum atomic E-state index is 12.1. The van der Waals surface area contributed by atoms with E-state index in [4.69, 9.17) is 0 Å². The molecule has 2 heterocycles. The Hall–Kier alpha value is -1.03. The molecular formula is C9H13N3O4S2. The van der Waals surface area contributed by atoms with E-state index in [-0.39, 0.29) is 15.9 Å². The minimum atomic E-state index is -3.72. The Morgan fingerprint density at radius 2 is 2.44 bits per heavy atom. The lowest BCUT2D eigenvalue weighted by molar-refractivity contribution is 0.0590.